The van der Waals surface area contributed by atoms with E-state index in [0.717, 1.165) is 28.9 Å². The molecule has 2 aromatic carbocycles. The van der Waals surface area contributed by atoms with Crippen molar-refractivity contribution in [3.8, 4) is 5.75 Å². The van der Waals surface area contributed by atoms with Crippen molar-refractivity contribution in [2.45, 2.75) is 19.4 Å². The molecule has 0 saturated heterocycles. The van der Waals surface area contributed by atoms with E-state index in [1.54, 1.807) is 7.11 Å². The van der Waals surface area contributed by atoms with Gasteiger partial charge in [0.05, 0.1) is 7.11 Å². The zero-order valence-corrected chi connectivity index (χ0v) is 10.8. The van der Waals surface area contributed by atoms with Crippen LogP contribution in [0.5, 0.6) is 5.75 Å². The molecule has 0 bridgehead atoms. The van der Waals surface area contributed by atoms with Gasteiger partial charge in [0.1, 0.15) is 11.9 Å². The van der Waals surface area contributed by atoms with Gasteiger partial charge in [0.25, 0.3) is 0 Å². The Hall–Kier alpha value is -1.80. The molecule has 0 spiro atoms. The Kier molecular flexibility index (Phi) is 4.00. The van der Waals surface area contributed by atoms with Crippen molar-refractivity contribution in [3.05, 3.63) is 65.2 Å². The summed E-state index contributed by atoms with van der Waals surface area (Å²) in [5.74, 6) is 0.718. The van der Waals surface area contributed by atoms with E-state index in [4.69, 9.17) is 4.74 Å². The Morgan fingerprint density at radius 3 is 2.28 bits per heavy atom. The van der Waals surface area contributed by atoms with Gasteiger partial charge < -0.3 is 9.84 Å². The van der Waals surface area contributed by atoms with Crippen LogP contribution in [0.25, 0.3) is 0 Å². The molecule has 1 unspecified atom stereocenters. The van der Waals surface area contributed by atoms with Gasteiger partial charge in [0.2, 0.25) is 0 Å². The van der Waals surface area contributed by atoms with Gasteiger partial charge in [-0.1, -0.05) is 49.4 Å². The first-order valence-electron chi connectivity index (χ1n) is 6.16. The highest BCUT2D eigenvalue weighted by atomic mass is 16.5. The van der Waals surface area contributed by atoms with Crippen molar-refractivity contribution < 1.29 is 9.84 Å². The lowest BCUT2D eigenvalue weighted by Crippen LogP contribution is -2.05. The first-order valence-corrected chi connectivity index (χ1v) is 6.16. The van der Waals surface area contributed by atoms with E-state index in [1.165, 1.54) is 0 Å². The number of aliphatic hydroxyl groups is 1. The second-order valence-corrected chi connectivity index (χ2v) is 4.20. The van der Waals surface area contributed by atoms with Gasteiger partial charge in [-0.05, 0) is 23.6 Å². The molecule has 0 aromatic heterocycles. The van der Waals surface area contributed by atoms with Crippen molar-refractivity contribution in [2.24, 2.45) is 0 Å². The van der Waals surface area contributed by atoms with Crippen LogP contribution in [0.4, 0.5) is 0 Å². The summed E-state index contributed by atoms with van der Waals surface area (Å²) in [5.41, 5.74) is 2.92. The summed E-state index contributed by atoms with van der Waals surface area (Å²) in [4.78, 5) is 0. The monoisotopic (exact) mass is 242 g/mol. The second kappa shape index (κ2) is 5.69. The average molecular weight is 242 g/mol. The number of rotatable bonds is 4. The highest BCUT2D eigenvalue weighted by molar-refractivity contribution is 5.42. The molecule has 1 atom stereocenters. The Balaban J connectivity index is 2.44. The molecule has 2 heteroatoms. The van der Waals surface area contributed by atoms with Gasteiger partial charge in [-0.25, -0.2) is 0 Å². The summed E-state index contributed by atoms with van der Waals surface area (Å²) in [6.07, 6.45) is 0.264. The van der Waals surface area contributed by atoms with Crippen LogP contribution >= 0.6 is 0 Å². The van der Waals surface area contributed by atoms with E-state index in [9.17, 15) is 5.11 Å². The molecule has 94 valence electrons. The van der Waals surface area contributed by atoms with Gasteiger partial charge in [-0.15, -0.1) is 0 Å². The third kappa shape index (κ3) is 2.39. The largest absolute Gasteiger partial charge is 0.496 e. The molecule has 0 heterocycles. The van der Waals surface area contributed by atoms with E-state index in [-0.39, 0.29) is 0 Å². The number of para-hydroxylation sites is 1. The molecule has 18 heavy (non-hydrogen) atoms. The summed E-state index contributed by atoms with van der Waals surface area (Å²) in [5, 5.41) is 10.5. The first-order chi connectivity index (χ1) is 8.77. The SMILES string of the molecule is CCc1ccccc1C(O)c1ccccc1OC. The lowest BCUT2D eigenvalue weighted by atomic mass is 9.95. The molecular formula is C16H18O2. The fraction of sp³-hybridized carbons (Fsp3) is 0.250. The van der Waals surface area contributed by atoms with Crippen LogP contribution in [0.2, 0.25) is 0 Å². The van der Waals surface area contributed by atoms with E-state index < -0.39 is 6.10 Å². The smallest absolute Gasteiger partial charge is 0.125 e. The summed E-state index contributed by atoms with van der Waals surface area (Å²) in [6.45, 7) is 2.09. The summed E-state index contributed by atoms with van der Waals surface area (Å²) in [7, 11) is 1.62. The van der Waals surface area contributed by atoms with Gasteiger partial charge in [0, 0.05) is 5.56 Å². The molecular weight excluding hydrogens is 224 g/mol. The molecule has 2 rings (SSSR count). The van der Waals surface area contributed by atoms with Crippen LogP contribution in [0.3, 0.4) is 0 Å². The van der Waals surface area contributed by atoms with E-state index in [0.29, 0.717) is 0 Å². The maximum absolute atomic E-state index is 10.5. The molecule has 2 nitrogen and oxygen atoms in total. The number of hydrogen-bond acceptors (Lipinski definition) is 2. The van der Waals surface area contributed by atoms with Crippen molar-refractivity contribution >= 4 is 0 Å². The summed E-state index contributed by atoms with van der Waals surface area (Å²) in [6, 6.07) is 15.5. The molecule has 0 amide bonds. The Morgan fingerprint density at radius 1 is 1.00 bits per heavy atom. The van der Waals surface area contributed by atoms with Gasteiger partial charge in [-0.2, -0.15) is 0 Å². The quantitative estimate of drug-likeness (QED) is 0.891. The van der Waals surface area contributed by atoms with E-state index in [2.05, 4.69) is 6.92 Å². The van der Waals surface area contributed by atoms with Gasteiger partial charge in [0.15, 0.2) is 0 Å². The van der Waals surface area contributed by atoms with Crippen LogP contribution in [-0.4, -0.2) is 12.2 Å². The molecule has 0 fully saturated rings. The number of hydrogen-bond donors (Lipinski definition) is 1. The fourth-order valence-electron chi connectivity index (χ4n) is 2.18. The number of ether oxygens (including phenoxy) is 1. The highest BCUT2D eigenvalue weighted by Gasteiger charge is 2.16. The Morgan fingerprint density at radius 2 is 1.61 bits per heavy atom. The van der Waals surface area contributed by atoms with Crippen LogP contribution in [-0.2, 0) is 6.42 Å². The maximum atomic E-state index is 10.5. The first kappa shape index (κ1) is 12.7. The predicted molar refractivity (Wildman–Crippen MR) is 72.9 cm³/mol. The third-order valence-corrected chi connectivity index (χ3v) is 3.16. The minimum Gasteiger partial charge on any atom is -0.496 e. The van der Waals surface area contributed by atoms with Crippen LogP contribution < -0.4 is 4.74 Å². The summed E-state index contributed by atoms with van der Waals surface area (Å²) < 4.78 is 5.30. The molecule has 0 aliphatic carbocycles. The van der Waals surface area contributed by atoms with Gasteiger partial charge >= 0.3 is 0 Å². The standard InChI is InChI=1S/C16H18O2/c1-3-12-8-4-5-9-13(12)16(17)14-10-6-7-11-15(14)18-2/h4-11,16-17H,3H2,1-2H3. The summed E-state index contributed by atoms with van der Waals surface area (Å²) >= 11 is 0. The lowest BCUT2D eigenvalue weighted by Gasteiger charge is -2.17. The number of aliphatic hydroxyl groups excluding tert-OH is 1. The normalized spacial score (nSPS) is 12.2. The second-order valence-electron chi connectivity index (χ2n) is 4.20. The number of benzene rings is 2. The molecule has 0 aliphatic rings. The van der Waals surface area contributed by atoms with Crippen molar-refractivity contribution in [2.75, 3.05) is 7.11 Å². The van der Waals surface area contributed by atoms with Crippen LogP contribution in [0.1, 0.15) is 29.7 Å². The van der Waals surface area contributed by atoms with E-state index in [1.807, 2.05) is 48.5 Å². The van der Waals surface area contributed by atoms with Crippen molar-refractivity contribution in [3.63, 3.8) is 0 Å². The topological polar surface area (TPSA) is 29.5 Å². The molecule has 2 aromatic rings. The zero-order valence-electron chi connectivity index (χ0n) is 10.8. The predicted octanol–water partition coefficient (Wildman–Crippen LogP) is 3.34. The zero-order chi connectivity index (χ0) is 13.0. The molecule has 0 saturated carbocycles. The number of aryl methyl sites for hydroxylation is 1. The van der Waals surface area contributed by atoms with Crippen LogP contribution in [0, 0.1) is 0 Å². The van der Waals surface area contributed by atoms with Crippen LogP contribution in [0.15, 0.2) is 48.5 Å². The highest BCUT2D eigenvalue weighted by Crippen LogP contribution is 2.31. The molecule has 0 aliphatic heterocycles. The minimum atomic E-state index is -0.641. The minimum absolute atomic E-state index is 0.641. The van der Waals surface area contributed by atoms with E-state index >= 15 is 0 Å². The number of methoxy groups -OCH3 is 1. The average Bonchev–Trinajstić information content (AvgIpc) is 2.46. The fourth-order valence-corrected chi connectivity index (χ4v) is 2.18. The van der Waals surface area contributed by atoms with Crippen molar-refractivity contribution in [1.29, 1.82) is 0 Å². The van der Waals surface area contributed by atoms with Gasteiger partial charge in [-0.3, -0.25) is 0 Å². The Labute approximate surface area is 108 Å². The molecule has 0 radical (unpaired) electrons. The lowest BCUT2D eigenvalue weighted by molar-refractivity contribution is 0.213. The third-order valence-electron chi connectivity index (χ3n) is 3.16. The Bertz CT molecular complexity index is 473. The molecule has 1 N–H and O–H groups in total. The maximum Gasteiger partial charge on any atom is 0.125 e. The van der Waals surface area contributed by atoms with Crippen molar-refractivity contribution in [1.82, 2.24) is 0 Å².